The fourth-order valence-corrected chi connectivity index (χ4v) is 2.90. The first kappa shape index (κ1) is 15.3. The highest BCUT2D eigenvalue weighted by molar-refractivity contribution is 7.99. The number of rotatable bonds is 6. The smallest absolute Gasteiger partial charge is 0.00749 e. The van der Waals surface area contributed by atoms with E-state index in [4.69, 9.17) is 5.73 Å². The van der Waals surface area contributed by atoms with Crippen molar-refractivity contribution in [3.8, 4) is 0 Å². The number of nitrogens with two attached hydrogens (primary N) is 1. The third-order valence-corrected chi connectivity index (χ3v) is 4.08. The predicted octanol–water partition coefficient (Wildman–Crippen LogP) is 4.72. The van der Waals surface area contributed by atoms with Gasteiger partial charge in [0.15, 0.2) is 0 Å². The van der Waals surface area contributed by atoms with E-state index in [-0.39, 0.29) is 0 Å². The molecule has 1 aromatic carbocycles. The Morgan fingerprint density at radius 3 is 2.28 bits per heavy atom. The summed E-state index contributed by atoms with van der Waals surface area (Å²) in [6, 6.07) is 8.90. The summed E-state index contributed by atoms with van der Waals surface area (Å²) in [5.74, 6) is 0. The van der Waals surface area contributed by atoms with Gasteiger partial charge in [-0.15, -0.1) is 11.8 Å². The molecule has 0 aliphatic carbocycles. The molecule has 1 aromatic rings. The third kappa shape index (κ3) is 4.51. The standard InChI is InChI=1S/C16H25NS/c1-5-14(10-11-17)13(4)15-6-8-16(9-7-15)18-12(2)3/h6-9,12H,5,10-11,17H2,1-4H3/b14-13-. The second-order valence-corrected chi connectivity index (χ2v) is 6.46. The van der Waals surface area contributed by atoms with Gasteiger partial charge in [-0.2, -0.15) is 0 Å². The predicted molar refractivity (Wildman–Crippen MR) is 84.0 cm³/mol. The van der Waals surface area contributed by atoms with Gasteiger partial charge in [0.25, 0.3) is 0 Å². The third-order valence-electron chi connectivity index (χ3n) is 3.06. The van der Waals surface area contributed by atoms with Gasteiger partial charge in [0.2, 0.25) is 0 Å². The van der Waals surface area contributed by atoms with Gasteiger partial charge in [0, 0.05) is 10.1 Å². The molecular formula is C16H25NS. The Bertz CT molecular complexity index is 390. The maximum atomic E-state index is 5.66. The van der Waals surface area contributed by atoms with E-state index in [0.717, 1.165) is 19.4 Å². The minimum atomic E-state index is 0.635. The van der Waals surface area contributed by atoms with Gasteiger partial charge < -0.3 is 5.73 Å². The van der Waals surface area contributed by atoms with E-state index >= 15 is 0 Å². The van der Waals surface area contributed by atoms with Gasteiger partial charge in [-0.25, -0.2) is 0 Å². The van der Waals surface area contributed by atoms with Gasteiger partial charge in [0.1, 0.15) is 0 Å². The number of benzene rings is 1. The van der Waals surface area contributed by atoms with E-state index in [1.165, 1.54) is 21.6 Å². The number of allylic oxidation sites excluding steroid dienone is 1. The lowest BCUT2D eigenvalue weighted by Gasteiger charge is -2.11. The maximum absolute atomic E-state index is 5.66. The molecule has 0 aromatic heterocycles. The monoisotopic (exact) mass is 263 g/mol. The summed E-state index contributed by atoms with van der Waals surface area (Å²) in [5, 5.41) is 0.635. The molecule has 2 N–H and O–H groups in total. The number of hydrogen-bond acceptors (Lipinski definition) is 2. The average Bonchev–Trinajstić information content (AvgIpc) is 2.35. The van der Waals surface area contributed by atoms with E-state index in [0.29, 0.717) is 5.25 Å². The van der Waals surface area contributed by atoms with Gasteiger partial charge in [0.05, 0.1) is 0 Å². The highest BCUT2D eigenvalue weighted by Crippen LogP contribution is 2.27. The van der Waals surface area contributed by atoms with Gasteiger partial charge >= 0.3 is 0 Å². The quantitative estimate of drug-likeness (QED) is 0.752. The molecule has 100 valence electrons. The highest BCUT2D eigenvalue weighted by Gasteiger charge is 2.04. The molecule has 0 atom stereocenters. The van der Waals surface area contributed by atoms with Crippen LogP contribution in [0.4, 0.5) is 0 Å². The largest absolute Gasteiger partial charge is 0.330 e. The van der Waals surface area contributed by atoms with Crippen molar-refractivity contribution in [3.05, 3.63) is 35.4 Å². The van der Waals surface area contributed by atoms with E-state index in [9.17, 15) is 0 Å². The molecule has 0 aliphatic heterocycles. The van der Waals surface area contributed by atoms with Crippen LogP contribution >= 0.6 is 11.8 Å². The molecule has 0 aliphatic rings. The second kappa shape index (κ2) is 7.65. The van der Waals surface area contributed by atoms with Crippen LogP contribution in [0.2, 0.25) is 0 Å². The van der Waals surface area contributed by atoms with Crippen molar-refractivity contribution in [2.45, 2.75) is 50.7 Å². The second-order valence-electron chi connectivity index (χ2n) is 4.81. The Labute approximate surface area is 116 Å². The van der Waals surface area contributed by atoms with Crippen LogP contribution in [-0.2, 0) is 0 Å². The first-order chi connectivity index (χ1) is 8.58. The Kier molecular flexibility index (Phi) is 6.51. The maximum Gasteiger partial charge on any atom is 0.00749 e. The lowest BCUT2D eigenvalue weighted by molar-refractivity contribution is 0.895. The molecule has 1 nitrogen and oxygen atoms in total. The summed E-state index contributed by atoms with van der Waals surface area (Å²) in [5.41, 5.74) is 9.86. The first-order valence-corrected chi connectivity index (χ1v) is 7.62. The molecule has 0 spiro atoms. The zero-order valence-corrected chi connectivity index (χ0v) is 12.8. The normalized spacial score (nSPS) is 12.8. The van der Waals surface area contributed by atoms with Crippen LogP contribution in [0, 0.1) is 0 Å². The zero-order valence-electron chi connectivity index (χ0n) is 12.0. The molecule has 1 rings (SSSR count). The molecule has 0 saturated heterocycles. The number of thioether (sulfide) groups is 1. The Morgan fingerprint density at radius 1 is 1.22 bits per heavy atom. The van der Waals surface area contributed by atoms with Crippen LogP contribution in [0.25, 0.3) is 5.57 Å². The summed E-state index contributed by atoms with van der Waals surface area (Å²) in [6.07, 6.45) is 2.09. The zero-order chi connectivity index (χ0) is 13.5. The molecular weight excluding hydrogens is 238 g/mol. The summed E-state index contributed by atoms with van der Waals surface area (Å²) in [7, 11) is 0. The van der Waals surface area contributed by atoms with Crippen molar-refractivity contribution in [2.24, 2.45) is 5.73 Å². The molecule has 0 bridgehead atoms. The van der Waals surface area contributed by atoms with Gasteiger partial charge in [-0.05, 0) is 49.6 Å². The van der Waals surface area contributed by atoms with Crippen LogP contribution in [0.5, 0.6) is 0 Å². The van der Waals surface area contributed by atoms with Crippen LogP contribution < -0.4 is 5.73 Å². The molecule has 0 radical (unpaired) electrons. The van der Waals surface area contributed by atoms with Gasteiger partial charge in [-0.3, -0.25) is 0 Å². The minimum Gasteiger partial charge on any atom is -0.330 e. The van der Waals surface area contributed by atoms with E-state index in [2.05, 4.69) is 52.0 Å². The van der Waals surface area contributed by atoms with Crippen LogP contribution in [0.15, 0.2) is 34.7 Å². The average molecular weight is 263 g/mol. The van der Waals surface area contributed by atoms with Crippen LogP contribution in [0.1, 0.15) is 46.1 Å². The summed E-state index contributed by atoms with van der Waals surface area (Å²) < 4.78 is 0. The molecule has 2 heteroatoms. The Morgan fingerprint density at radius 2 is 1.83 bits per heavy atom. The highest BCUT2D eigenvalue weighted by atomic mass is 32.2. The van der Waals surface area contributed by atoms with Crippen LogP contribution in [-0.4, -0.2) is 11.8 Å². The fraction of sp³-hybridized carbons (Fsp3) is 0.500. The topological polar surface area (TPSA) is 26.0 Å². The van der Waals surface area contributed by atoms with Crippen molar-refractivity contribution in [3.63, 3.8) is 0 Å². The molecule has 0 heterocycles. The van der Waals surface area contributed by atoms with Crippen molar-refractivity contribution in [1.29, 1.82) is 0 Å². The summed E-state index contributed by atoms with van der Waals surface area (Å²) in [4.78, 5) is 1.35. The molecule has 0 amide bonds. The van der Waals surface area contributed by atoms with E-state index in [1.54, 1.807) is 0 Å². The van der Waals surface area contributed by atoms with Crippen LogP contribution in [0.3, 0.4) is 0 Å². The Balaban J connectivity index is 2.89. The molecule has 0 fully saturated rings. The molecule has 18 heavy (non-hydrogen) atoms. The summed E-state index contributed by atoms with van der Waals surface area (Å²) in [6.45, 7) is 9.60. The SMILES string of the molecule is CC/C(CCN)=C(\C)c1ccc(SC(C)C)cc1. The molecule has 0 saturated carbocycles. The lowest BCUT2D eigenvalue weighted by Crippen LogP contribution is -2.01. The van der Waals surface area contributed by atoms with E-state index in [1.807, 2.05) is 11.8 Å². The van der Waals surface area contributed by atoms with Crippen molar-refractivity contribution in [1.82, 2.24) is 0 Å². The summed E-state index contributed by atoms with van der Waals surface area (Å²) >= 11 is 1.91. The van der Waals surface area contributed by atoms with Crippen molar-refractivity contribution in [2.75, 3.05) is 6.54 Å². The van der Waals surface area contributed by atoms with Crippen molar-refractivity contribution >= 4 is 17.3 Å². The van der Waals surface area contributed by atoms with E-state index < -0.39 is 0 Å². The van der Waals surface area contributed by atoms with Crippen molar-refractivity contribution < 1.29 is 0 Å². The molecule has 0 unspecified atom stereocenters. The minimum absolute atomic E-state index is 0.635. The lowest BCUT2D eigenvalue weighted by atomic mass is 9.97. The Hall–Kier alpha value is -0.730. The van der Waals surface area contributed by atoms with Gasteiger partial charge in [-0.1, -0.05) is 38.5 Å². The fourth-order valence-electron chi connectivity index (χ4n) is 2.06. The number of hydrogen-bond donors (Lipinski definition) is 1. The first-order valence-electron chi connectivity index (χ1n) is 6.74.